The maximum absolute atomic E-state index is 12.9. The number of ketones is 1. The van der Waals surface area contributed by atoms with Gasteiger partial charge in [0.05, 0.1) is 12.0 Å². The fourth-order valence-corrected chi connectivity index (χ4v) is 3.93. The normalized spacial score (nSPS) is 14.7. The Balaban J connectivity index is 1.53. The van der Waals surface area contributed by atoms with Gasteiger partial charge >= 0.3 is 0 Å². The Morgan fingerprint density at radius 2 is 1.57 bits per heavy atom. The van der Waals surface area contributed by atoms with Crippen molar-refractivity contribution >= 4 is 17.4 Å². The fourth-order valence-electron chi connectivity index (χ4n) is 3.93. The maximum Gasteiger partial charge on any atom is 0.225 e. The standard InChI is InChI=1S/C26H25NO3/c1-26(2)17-23(28)22-15-20(13-14-24(22)30-26)27-25(29)16-21(18-9-5-3-6-10-18)19-11-7-4-8-12-19/h3-15,21H,16-17H2,1-2H3,(H,27,29). The number of fused-ring (bicyclic) bond motifs is 1. The summed E-state index contributed by atoms with van der Waals surface area (Å²) in [5.41, 5.74) is 2.81. The lowest BCUT2D eigenvalue weighted by Crippen LogP contribution is -2.35. The first-order valence-electron chi connectivity index (χ1n) is 10.2. The molecule has 3 aromatic carbocycles. The number of benzene rings is 3. The van der Waals surface area contributed by atoms with E-state index in [1.54, 1.807) is 18.2 Å². The predicted molar refractivity (Wildman–Crippen MR) is 118 cm³/mol. The number of carbonyl (C=O) groups excluding carboxylic acids is 2. The largest absolute Gasteiger partial charge is 0.487 e. The van der Waals surface area contributed by atoms with Crippen LogP contribution in [0.2, 0.25) is 0 Å². The van der Waals surface area contributed by atoms with Crippen molar-refractivity contribution in [1.29, 1.82) is 0 Å². The highest BCUT2D eigenvalue weighted by Gasteiger charge is 2.32. The number of ether oxygens (including phenoxy) is 1. The molecule has 1 heterocycles. The highest BCUT2D eigenvalue weighted by molar-refractivity contribution is 6.02. The van der Waals surface area contributed by atoms with Gasteiger partial charge in [-0.2, -0.15) is 0 Å². The van der Waals surface area contributed by atoms with E-state index in [1.807, 2.05) is 74.5 Å². The van der Waals surface area contributed by atoms with Crippen LogP contribution in [-0.4, -0.2) is 17.3 Å². The minimum absolute atomic E-state index is 0.0313. The fraction of sp³-hybridized carbons (Fsp3) is 0.231. The summed E-state index contributed by atoms with van der Waals surface area (Å²) in [6, 6.07) is 25.3. The van der Waals surface area contributed by atoms with Gasteiger partial charge in [0.25, 0.3) is 0 Å². The molecular weight excluding hydrogens is 374 g/mol. The average molecular weight is 399 g/mol. The number of rotatable bonds is 5. The van der Waals surface area contributed by atoms with Crippen LogP contribution in [0.25, 0.3) is 0 Å². The molecule has 0 unspecified atom stereocenters. The van der Waals surface area contributed by atoms with Gasteiger partial charge in [-0.25, -0.2) is 0 Å². The van der Waals surface area contributed by atoms with Crippen LogP contribution >= 0.6 is 0 Å². The maximum atomic E-state index is 12.9. The van der Waals surface area contributed by atoms with E-state index in [-0.39, 0.29) is 17.6 Å². The van der Waals surface area contributed by atoms with Crippen LogP contribution in [0.3, 0.4) is 0 Å². The Morgan fingerprint density at radius 3 is 2.17 bits per heavy atom. The summed E-state index contributed by atoms with van der Waals surface area (Å²) in [5.74, 6) is 0.456. The van der Waals surface area contributed by atoms with Gasteiger partial charge in [-0.15, -0.1) is 0 Å². The minimum Gasteiger partial charge on any atom is -0.487 e. The molecule has 1 N–H and O–H groups in total. The third kappa shape index (κ3) is 4.43. The van der Waals surface area contributed by atoms with Crippen molar-refractivity contribution in [3.8, 4) is 5.75 Å². The lowest BCUT2D eigenvalue weighted by atomic mass is 9.88. The van der Waals surface area contributed by atoms with Gasteiger partial charge in [0.15, 0.2) is 5.78 Å². The Kier molecular flexibility index (Phi) is 5.40. The topological polar surface area (TPSA) is 55.4 Å². The van der Waals surface area contributed by atoms with Crippen LogP contribution in [0.15, 0.2) is 78.9 Å². The second-order valence-corrected chi connectivity index (χ2v) is 8.30. The van der Waals surface area contributed by atoms with Crippen molar-refractivity contribution in [3.63, 3.8) is 0 Å². The number of amides is 1. The molecule has 1 aliphatic rings. The molecule has 30 heavy (non-hydrogen) atoms. The highest BCUT2D eigenvalue weighted by Crippen LogP contribution is 2.35. The Morgan fingerprint density at radius 1 is 0.967 bits per heavy atom. The molecule has 0 fully saturated rings. The zero-order valence-corrected chi connectivity index (χ0v) is 17.2. The SMILES string of the molecule is CC1(C)CC(=O)c2cc(NC(=O)CC(c3ccccc3)c3ccccc3)ccc2O1. The molecule has 0 bridgehead atoms. The van der Waals surface area contributed by atoms with Gasteiger partial charge in [0.2, 0.25) is 5.91 Å². The molecule has 4 heteroatoms. The van der Waals surface area contributed by atoms with Crippen LogP contribution in [0.1, 0.15) is 54.1 Å². The van der Waals surface area contributed by atoms with E-state index in [1.165, 1.54) is 0 Å². The molecule has 4 rings (SSSR count). The summed E-state index contributed by atoms with van der Waals surface area (Å²) in [5, 5.41) is 2.96. The van der Waals surface area contributed by atoms with E-state index in [9.17, 15) is 9.59 Å². The molecule has 1 amide bonds. The number of carbonyl (C=O) groups is 2. The highest BCUT2D eigenvalue weighted by atomic mass is 16.5. The van der Waals surface area contributed by atoms with Crippen molar-refractivity contribution in [3.05, 3.63) is 95.6 Å². The van der Waals surface area contributed by atoms with Gasteiger partial charge in [0.1, 0.15) is 11.4 Å². The third-order valence-electron chi connectivity index (χ3n) is 5.33. The lowest BCUT2D eigenvalue weighted by Gasteiger charge is -2.31. The molecule has 3 aromatic rings. The van der Waals surface area contributed by atoms with E-state index >= 15 is 0 Å². The van der Waals surface area contributed by atoms with Crippen LogP contribution in [-0.2, 0) is 4.79 Å². The summed E-state index contributed by atoms with van der Waals surface area (Å²) in [6.45, 7) is 3.80. The molecule has 0 saturated carbocycles. The number of anilines is 1. The zero-order valence-electron chi connectivity index (χ0n) is 17.2. The Hall–Kier alpha value is -3.40. The molecule has 1 aliphatic heterocycles. The van der Waals surface area contributed by atoms with Crippen molar-refractivity contribution in [2.45, 2.75) is 38.2 Å². The van der Waals surface area contributed by atoms with Gasteiger partial charge in [-0.3, -0.25) is 9.59 Å². The summed E-state index contributed by atoms with van der Waals surface area (Å²) in [4.78, 5) is 25.4. The second kappa shape index (κ2) is 8.15. The van der Waals surface area contributed by atoms with E-state index in [2.05, 4.69) is 5.32 Å². The Labute approximate surface area is 176 Å². The number of Topliss-reactive ketones (excluding diaryl/α,β-unsaturated/α-hetero) is 1. The summed E-state index contributed by atoms with van der Waals surface area (Å²) in [6.07, 6.45) is 0.629. The predicted octanol–water partition coefficient (Wildman–Crippen LogP) is 5.59. The molecular formula is C26H25NO3. The zero-order chi connectivity index (χ0) is 21.1. The lowest BCUT2D eigenvalue weighted by molar-refractivity contribution is -0.116. The van der Waals surface area contributed by atoms with Crippen molar-refractivity contribution < 1.29 is 14.3 Å². The van der Waals surface area contributed by atoms with Crippen LogP contribution in [0, 0.1) is 0 Å². The average Bonchev–Trinajstić information content (AvgIpc) is 2.73. The number of nitrogens with one attached hydrogen (secondary N) is 1. The quantitative estimate of drug-likeness (QED) is 0.608. The van der Waals surface area contributed by atoms with E-state index in [0.717, 1.165) is 11.1 Å². The van der Waals surface area contributed by atoms with E-state index in [4.69, 9.17) is 4.74 Å². The smallest absolute Gasteiger partial charge is 0.225 e. The van der Waals surface area contributed by atoms with Crippen LogP contribution in [0.5, 0.6) is 5.75 Å². The first kappa shape index (κ1) is 19.9. The third-order valence-corrected chi connectivity index (χ3v) is 5.33. The number of hydrogen-bond acceptors (Lipinski definition) is 3. The van der Waals surface area contributed by atoms with Crippen molar-refractivity contribution in [1.82, 2.24) is 0 Å². The molecule has 0 atom stereocenters. The van der Waals surface area contributed by atoms with E-state index < -0.39 is 5.60 Å². The van der Waals surface area contributed by atoms with E-state index in [0.29, 0.717) is 29.8 Å². The van der Waals surface area contributed by atoms with Gasteiger partial charge in [-0.1, -0.05) is 60.7 Å². The first-order valence-corrected chi connectivity index (χ1v) is 10.2. The molecule has 0 aromatic heterocycles. The molecule has 152 valence electrons. The number of hydrogen-bond donors (Lipinski definition) is 1. The van der Waals surface area contributed by atoms with Gasteiger partial charge < -0.3 is 10.1 Å². The van der Waals surface area contributed by atoms with Crippen molar-refractivity contribution in [2.75, 3.05) is 5.32 Å². The molecule has 0 saturated heterocycles. The molecule has 0 radical (unpaired) electrons. The first-order chi connectivity index (χ1) is 14.4. The van der Waals surface area contributed by atoms with Gasteiger partial charge in [-0.05, 0) is 43.2 Å². The van der Waals surface area contributed by atoms with Crippen molar-refractivity contribution in [2.24, 2.45) is 0 Å². The summed E-state index contributed by atoms with van der Waals surface area (Å²) in [7, 11) is 0. The Bertz CT molecular complexity index is 1020. The summed E-state index contributed by atoms with van der Waals surface area (Å²) < 4.78 is 5.90. The van der Waals surface area contributed by atoms with Gasteiger partial charge in [0, 0.05) is 18.0 Å². The summed E-state index contributed by atoms with van der Waals surface area (Å²) >= 11 is 0. The molecule has 4 nitrogen and oxygen atoms in total. The monoisotopic (exact) mass is 399 g/mol. The van der Waals surface area contributed by atoms with Crippen LogP contribution < -0.4 is 10.1 Å². The van der Waals surface area contributed by atoms with Crippen LogP contribution in [0.4, 0.5) is 5.69 Å². The molecule has 0 aliphatic carbocycles. The minimum atomic E-state index is -0.507. The second-order valence-electron chi connectivity index (χ2n) is 8.30. The molecule has 0 spiro atoms.